The van der Waals surface area contributed by atoms with Gasteiger partial charge in [0.05, 0.1) is 6.04 Å². The van der Waals surface area contributed by atoms with Crippen LogP contribution in [0.4, 0.5) is 0 Å². The molecule has 1 aliphatic rings. The van der Waals surface area contributed by atoms with Crippen LogP contribution in [0.3, 0.4) is 0 Å². The van der Waals surface area contributed by atoms with E-state index < -0.39 is 0 Å². The Morgan fingerprint density at radius 2 is 1.94 bits per heavy atom. The van der Waals surface area contributed by atoms with Gasteiger partial charge in [0.15, 0.2) is 0 Å². The number of hydrogen-bond acceptors (Lipinski definition) is 3. The molecule has 1 aromatic carbocycles. The summed E-state index contributed by atoms with van der Waals surface area (Å²) in [7, 11) is 0. The molecule has 0 amide bonds. The number of nitrogens with one attached hydrogen (secondary N) is 1. The highest BCUT2D eigenvalue weighted by atomic mass is 32.1. The molecular formula is C15H20N2S. The lowest BCUT2D eigenvalue weighted by atomic mass is 9.81. The van der Waals surface area contributed by atoms with Gasteiger partial charge in [-0.15, -0.1) is 11.3 Å². The minimum Gasteiger partial charge on any atom is -0.271 e. The van der Waals surface area contributed by atoms with Crippen molar-refractivity contribution in [2.75, 3.05) is 0 Å². The number of hydrogen-bond donors (Lipinski definition) is 2. The second kappa shape index (κ2) is 5.39. The van der Waals surface area contributed by atoms with Crippen LogP contribution in [0.5, 0.6) is 0 Å². The van der Waals surface area contributed by atoms with Crippen LogP contribution >= 0.6 is 11.3 Å². The summed E-state index contributed by atoms with van der Waals surface area (Å²) in [6.07, 6.45) is 6.70. The Morgan fingerprint density at radius 1 is 1.17 bits per heavy atom. The lowest BCUT2D eigenvalue weighted by Crippen LogP contribution is -2.34. The normalized spacial score (nSPS) is 19.2. The molecule has 0 radical (unpaired) electrons. The van der Waals surface area contributed by atoms with E-state index in [2.05, 4.69) is 35.1 Å². The van der Waals surface area contributed by atoms with Gasteiger partial charge in [-0.1, -0.05) is 37.5 Å². The maximum absolute atomic E-state index is 5.84. The van der Waals surface area contributed by atoms with Crippen molar-refractivity contribution in [3.8, 4) is 0 Å². The average molecular weight is 260 g/mol. The maximum atomic E-state index is 5.84. The lowest BCUT2D eigenvalue weighted by molar-refractivity contribution is 0.275. The Morgan fingerprint density at radius 3 is 2.72 bits per heavy atom. The van der Waals surface area contributed by atoms with Gasteiger partial charge in [-0.25, -0.2) is 0 Å². The quantitative estimate of drug-likeness (QED) is 0.647. The van der Waals surface area contributed by atoms with Crippen molar-refractivity contribution in [1.29, 1.82) is 0 Å². The second-order valence-corrected chi connectivity index (χ2v) is 6.14. The van der Waals surface area contributed by atoms with Crippen molar-refractivity contribution in [3.05, 3.63) is 35.2 Å². The minimum absolute atomic E-state index is 0.321. The molecule has 2 aromatic rings. The summed E-state index contributed by atoms with van der Waals surface area (Å²) in [6.45, 7) is 0. The van der Waals surface area contributed by atoms with Crippen LogP contribution in [-0.4, -0.2) is 0 Å². The fourth-order valence-corrected chi connectivity index (χ4v) is 4.18. The van der Waals surface area contributed by atoms with Gasteiger partial charge in [0, 0.05) is 4.70 Å². The molecule has 0 spiro atoms. The summed E-state index contributed by atoms with van der Waals surface area (Å²) in [6, 6.07) is 8.95. The van der Waals surface area contributed by atoms with E-state index in [1.165, 1.54) is 47.8 Å². The number of thiophene rings is 1. The molecule has 96 valence electrons. The molecular weight excluding hydrogens is 240 g/mol. The standard InChI is InChI=1S/C15H20N2S/c16-17-15(11-6-2-1-3-7-11)13-10-18-14-9-5-4-8-12(13)14/h4-5,8-11,15,17H,1-3,6-7,16H2. The van der Waals surface area contributed by atoms with Crippen LogP contribution in [0, 0.1) is 5.92 Å². The molecule has 1 aromatic heterocycles. The van der Waals surface area contributed by atoms with E-state index in [9.17, 15) is 0 Å². The zero-order valence-electron chi connectivity index (χ0n) is 10.6. The number of fused-ring (bicyclic) bond motifs is 1. The predicted octanol–water partition coefficient (Wildman–Crippen LogP) is 3.99. The van der Waals surface area contributed by atoms with Crippen LogP contribution in [-0.2, 0) is 0 Å². The van der Waals surface area contributed by atoms with Gasteiger partial charge in [-0.3, -0.25) is 11.3 Å². The van der Waals surface area contributed by atoms with E-state index in [0.717, 1.165) is 0 Å². The van der Waals surface area contributed by atoms with Crippen LogP contribution in [0.1, 0.15) is 43.7 Å². The van der Waals surface area contributed by atoms with Crippen molar-refractivity contribution in [1.82, 2.24) is 5.43 Å². The third-order valence-corrected chi connectivity index (χ3v) is 5.13. The first-order valence-electron chi connectivity index (χ1n) is 6.82. The van der Waals surface area contributed by atoms with Crippen molar-refractivity contribution >= 4 is 21.4 Å². The highest BCUT2D eigenvalue weighted by Crippen LogP contribution is 2.38. The zero-order chi connectivity index (χ0) is 12.4. The molecule has 0 bridgehead atoms. The van der Waals surface area contributed by atoms with Gasteiger partial charge in [-0.05, 0) is 41.2 Å². The summed E-state index contributed by atoms with van der Waals surface area (Å²) < 4.78 is 1.36. The molecule has 0 aliphatic heterocycles. The summed E-state index contributed by atoms with van der Waals surface area (Å²) in [5.41, 5.74) is 4.47. The van der Waals surface area contributed by atoms with Gasteiger partial charge in [0.1, 0.15) is 0 Å². The molecule has 1 aliphatic carbocycles. The maximum Gasteiger partial charge on any atom is 0.0502 e. The molecule has 1 saturated carbocycles. The number of nitrogens with two attached hydrogens (primary N) is 1. The Balaban J connectivity index is 1.95. The second-order valence-electron chi connectivity index (χ2n) is 5.23. The first kappa shape index (κ1) is 12.2. The average Bonchev–Trinajstić information content (AvgIpc) is 2.85. The Labute approximate surface area is 112 Å². The molecule has 1 heterocycles. The van der Waals surface area contributed by atoms with E-state index in [1.54, 1.807) is 0 Å². The number of hydrazine groups is 1. The minimum atomic E-state index is 0.321. The van der Waals surface area contributed by atoms with E-state index in [4.69, 9.17) is 5.84 Å². The molecule has 0 saturated heterocycles. The summed E-state index contributed by atoms with van der Waals surface area (Å²) in [4.78, 5) is 0. The van der Waals surface area contributed by atoms with Gasteiger partial charge in [0.2, 0.25) is 0 Å². The Kier molecular flexibility index (Phi) is 3.64. The van der Waals surface area contributed by atoms with E-state index in [1.807, 2.05) is 11.3 Å². The van der Waals surface area contributed by atoms with Crippen LogP contribution in [0.25, 0.3) is 10.1 Å². The molecule has 1 fully saturated rings. The van der Waals surface area contributed by atoms with E-state index >= 15 is 0 Å². The van der Waals surface area contributed by atoms with Crippen molar-refractivity contribution in [3.63, 3.8) is 0 Å². The van der Waals surface area contributed by atoms with Crippen molar-refractivity contribution in [2.24, 2.45) is 11.8 Å². The summed E-state index contributed by atoms with van der Waals surface area (Å²) >= 11 is 1.83. The van der Waals surface area contributed by atoms with Crippen molar-refractivity contribution in [2.45, 2.75) is 38.1 Å². The molecule has 18 heavy (non-hydrogen) atoms. The van der Waals surface area contributed by atoms with Crippen LogP contribution in [0.2, 0.25) is 0 Å². The van der Waals surface area contributed by atoms with Gasteiger partial charge in [-0.2, -0.15) is 0 Å². The Hall–Kier alpha value is -0.900. The summed E-state index contributed by atoms with van der Waals surface area (Å²) in [5.74, 6) is 6.54. The highest BCUT2D eigenvalue weighted by molar-refractivity contribution is 7.17. The highest BCUT2D eigenvalue weighted by Gasteiger charge is 2.25. The molecule has 1 atom stereocenters. The Bertz CT molecular complexity index is 514. The predicted molar refractivity (Wildman–Crippen MR) is 78.5 cm³/mol. The monoisotopic (exact) mass is 260 g/mol. The van der Waals surface area contributed by atoms with E-state index in [0.29, 0.717) is 12.0 Å². The fourth-order valence-electron chi connectivity index (χ4n) is 3.19. The van der Waals surface area contributed by atoms with Gasteiger partial charge >= 0.3 is 0 Å². The number of benzene rings is 1. The topological polar surface area (TPSA) is 38.0 Å². The number of rotatable bonds is 3. The molecule has 1 unspecified atom stereocenters. The molecule has 3 heteroatoms. The molecule has 3 rings (SSSR count). The smallest absolute Gasteiger partial charge is 0.0502 e. The third-order valence-electron chi connectivity index (χ3n) is 4.15. The summed E-state index contributed by atoms with van der Waals surface area (Å²) in [5, 5.41) is 3.65. The van der Waals surface area contributed by atoms with Crippen LogP contribution in [0.15, 0.2) is 29.6 Å². The first-order valence-corrected chi connectivity index (χ1v) is 7.70. The molecule has 3 N–H and O–H groups in total. The lowest BCUT2D eigenvalue weighted by Gasteiger charge is -2.29. The third kappa shape index (κ3) is 2.18. The largest absolute Gasteiger partial charge is 0.271 e. The first-order chi connectivity index (χ1) is 8.90. The van der Waals surface area contributed by atoms with Gasteiger partial charge < -0.3 is 0 Å². The van der Waals surface area contributed by atoms with Crippen LogP contribution < -0.4 is 11.3 Å². The zero-order valence-corrected chi connectivity index (χ0v) is 11.4. The van der Waals surface area contributed by atoms with Crippen molar-refractivity contribution < 1.29 is 0 Å². The SMILES string of the molecule is NNC(c1csc2ccccc12)C1CCCCC1. The molecule has 2 nitrogen and oxygen atoms in total. The van der Waals surface area contributed by atoms with Gasteiger partial charge in [0.25, 0.3) is 0 Å². The van der Waals surface area contributed by atoms with E-state index in [-0.39, 0.29) is 0 Å². The fraction of sp³-hybridized carbons (Fsp3) is 0.467.